The minimum absolute atomic E-state index is 0.429. The quantitative estimate of drug-likeness (QED) is 0.904. The van der Waals surface area contributed by atoms with Gasteiger partial charge < -0.3 is 5.73 Å². The summed E-state index contributed by atoms with van der Waals surface area (Å²) in [5, 5.41) is 0. The van der Waals surface area contributed by atoms with Crippen molar-refractivity contribution in [2.75, 3.05) is 13.1 Å². The Kier molecular flexibility index (Phi) is 4.82. The molecule has 3 atom stereocenters. The summed E-state index contributed by atoms with van der Waals surface area (Å²) in [6, 6.07) is 5.64. The van der Waals surface area contributed by atoms with E-state index in [4.69, 9.17) is 5.73 Å². The number of nitrogens with zero attached hydrogens (tertiary/aromatic N) is 1. The van der Waals surface area contributed by atoms with Crippen LogP contribution in [-0.2, 0) is 6.42 Å². The first-order chi connectivity index (χ1) is 8.65. The number of hydrogen-bond acceptors (Lipinski definition) is 3. The van der Waals surface area contributed by atoms with E-state index in [9.17, 15) is 0 Å². The second-order valence-corrected chi connectivity index (χ2v) is 6.83. The Balaban J connectivity index is 2.12. The van der Waals surface area contributed by atoms with E-state index in [0.29, 0.717) is 12.1 Å². The van der Waals surface area contributed by atoms with Gasteiger partial charge in [0.25, 0.3) is 0 Å². The van der Waals surface area contributed by atoms with Crippen LogP contribution in [0.1, 0.15) is 49.4 Å². The summed E-state index contributed by atoms with van der Waals surface area (Å²) < 4.78 is 0. The average molecular weight is 266 g/mol. The van der Waals surface area contributed by atoms with E-state index in [1.165, 1.54) is 29.1 Å². The molecule has 1 aliphatic heterocycles. The molecule has 2 rings (SSSR count). The van der Waals surface area contributed by atoms with Crippen LogP contribution in [0.25, 0.3) is 0 Å². The van der Waals surface area contributed by atoms with E-state index in [2.05, 4.69) is 37.8 Å². The van der Waals surface area contributed by atoms with E-state index in [0.717, 1.165) is 18.9 Å². The molecule has 0 amide bonds. The van der Waals surface area contributed by atoms with Gasteiger partial charge in [0.15, 0.2) is 0 Å². The van der Waals surface area contributed by atoms with Gasteiger partial charge in [-0.2, -0.15) is 0 Å². The van der Waals surface area contributed by atoms with E-state index >= 15 is 0 Å². The molecule has 3 unspecified atom stereocenters. The highest BCUT2D eigenvalue weighted by Crippen LogP contribution is 2.33. The van der Waals surface area contributed by atoms with E-state index in [1.54, 1.807) is 0 Å². The first-order valence-electron chi connectivity index (χ1n) is 7.20. The second-order valence-electron chi connectivity index (χ2n) is 5.63. The standard InChI is InChI=1S/C15H26N2S/c1-4-13-5-6-15(18-13)14(10-16)17-8-7-11(2)9-12(17)3/h5-6,11-12,14H,4,7-10,16H2,1-3H3. The van der Waals surface area contributed by atoms with Gasteiger partial charge in [-0.05, 0) is 50.8 Å². The molecule has 0 aliphatic carbocycles. The zero-order valence-electron chi connectivity index (χ0n) is 11.9. The summed E-state index contributed by atoms with van der Waals surface area (Å²) in [7, 11) is 0. The maximum atomic E-state index is 6.05. The largest absolute Gasteiger partial charge is 0.329 e. The van der Waals surface area contributed by atoms with Crippen LogP contribution in [0.4, 0.5) is 0 Å². The average Bonchev–Trinajstić information content (AvgIpc) is 2.81. The molecule has 1 aromatic heterocycles. The summed E-state index contributed by atoms with van der Waals surface area (Å²) in [5.74, 6) is 0.865. The molecule has 0 radical (unpaired) electrons. The zero-order chi connectivity index (χ0) is 13.1. The maximum Gasteiger partial charge on any atom is 0.0566 e. The Labute approximate surface area is 115 Å². The van der Waals surface area contributed by atoms with Crippen molar-refractivity contribution in [1.29, 1.82) is 0 Å². The summed E-state index contributed by atoms with van der Waals surface area (Å²) in [4.78, 5) is 5.54. The monoisotopic (exact) mass is 266 g/mol. The first-order valence-corrected chi connectivity index (χ1v) is 8.01. The van der Waals surface area contributed by atoms with Crippen LogP contribution in [0, 0.1) is 5.92 Å². The smallest absolute Gasteiger partial charge is 0.0566 e. The zero-order valence-corrected chi connectivity index (χ0v) is 12.7. The molecule has 1 saturated heterocycles. The van der Waals surface area contributed by atoms with E-state index in [-0.39, 0.29) is 0 Å². The number of nitrogens with two attached hydrogens (primary N) is 1. The molecule has 18 heavy (non-hydrogen) atoms. The van der Waals surface area contributed by atoms with Crippen molar-refractivity contribution >= 4 is 11.3 Å². The Morgan fingerprint density at radius 3 is 2.78 bits per heavy atom. The van der Waals surface area contributed by atoms with Crippen molar-refractivity contribution in [3.63, 3.8) is 0 Å². The summed E-state index contributed by atoms with van der Waals surface area (Å²) in [5.41, 5.74) is 6.05. The first kappa shape index (κ1) is 14.0. The summed E-state index contributed by atoms with van der Waals surface area (Å²) in [6.07, 6.45) is 3.75. The molecule has 1 aromatic rings. The van der Waals surface area contributed by atoms with Crippen LogP contribution in [0.15, 0.2) is 12.1 Å². The maximum absolute atomic E-state index is 6.05. The van der Waals surface area contributed by atoms with Crippen LogP contribution in [-0.4, -0.2) is 24.0 Å². The third-order valence-electron chi connectivity index (χ3n) is 4.17. The lowest BCUT2D eigenvalue weighted by Crippen LogP contribution is -2.44. The van der Waals surface area contributed by atoms with Crippen LogP contribution in [0.5, 0.6) is 0 Å². The minimum Gasteiger partial charge on any atom is -0.329 e. The number of aryl methyl sites for hydroxylation is 1. The van der Waals surface area contributed by atoms with Crippen molar-refractivity contribution in [3.8, 4) is 0 Å². The molecule has 3 heteroatoms. The number of thiophene rings is 1. The van der Waals surface area contributed by atoms with Gasteiger partial charge in [0.2, 0.25) is 0 Å². The van der Waals surface area contributed by atoms with Crippen molar-refractivity contribution < 1.29 is 0 Å². The third kappa shape index (κ3) is 2.95. The van der Waals surface area contributed by atoms with Gasteiger partial charge in [0, 0.05) is 22.3 Å². The minimum atomic E-state index is 0.429. The fourth-order valence-corrected chi connectivity index (χ4v) is 4.15. The van der Waals surface area contributed by atoms with Crippen LogP contribution < -0.4 is 5.73 Å². The molecule has 2 nitrogen and oxygen atoms in total. The molecule has 1 aliphatic rings. The predicted molar refractivity (Wildman–Crippen MR) is 80.1 cm³/mol. The highest BCUT2D eigenvalue weighted by molar-refractivity contribution is 7.12. The molecule has 0 saturated carbocycles. The molecule has 1 fully saturated rings. The topological polar surface area (TPSA) is 29.3 Å². The molecule has 2 heterocycles. The normalized spacial score (nSPS) is 27.3. The Bertz CT molecular complexity index is 374. The second kappa shape index (κ2) is 6.18. The van der Waals surface area contributed by atoms with Gasteiger partial charge >= 0.3 is 0 Å². The number of rotatable bonds is 4. The van der Waals surface area contributed by atoms with Gasteiger partial charge in [-0.25, -0.2) is 0 Å². The summed E-state index contributed by atoms with van der Waals surface area (Å²) >= 11 is 1.94. The fraction of sp³-hybridized carbons (Fsp3) is 0.733. The predicted octanol–water partition coefficient (Wildman–Crippen LogP) is 3.43. The van der Waals surface area contributed by atoms with Crippen LogP contribution in [0.3, 0.4) is 0 Å². The summed E-state index contributed by atoms with van der Waals surface area (Å²) in [6.45, 7) is 8.88. The highest BCUT2D eigenvalue weighted by atomic mass is 32.1. The molecular weight excluding hydrogens is 240 g/mol. The van der Waals surface area contributed by atoms with Crippen molar-refractivity contribution in [2.45, 2.75) is 52.1 Å². The van der Waals surface area contributed by atoms with Crippen molar-refractivity contribution in [2.24, 2.45) is 11.7 Å². The van der Waals surface area contributed by atoms with Crippen LogP contribution >= 0.6 is 11.3 Å². The number of piperidine rings is 1. The lowest BCUT2D eigenvalue weighted by molar-refractivity contribution is 0.0863. The molecule has 0 bridgehead atoms. The highest BCUT2D eigenvalue weighted by Gasteiger charge is 2.29. The lowest BCUT2D eigenvalue weighted by atomic mass is 9.92. The van der Waals surface area contributed by atoms with Crippen LogP contribution in [0.2, 0.25) is 0 Å². The van der Waals surface area contributed by atoms with Gasteiger partial charge in [-0.1, -0.05) is 13.8 Å². The van der Waals surface area contributed by atoms with Gasteiger partial charge in [0.05, 0.1) is 6.04 Å². The van der Waals surface area contributed by atoms with Crippen molar-refractivity contribution in [1.82, 2.24) is 4.90 Å². The molecule has 2 N–H and O–H groups in total. The molecule has 102 valence electrons. The van der Waals surface area contributed by atoms with E-state index < -0.39 is 0 Å². The van der Waals surface area contributed by atoms with E-state index in [1.807, 2.05) is 11.3 Å². The van der Waals surface area contributed by atoms with Gasteiger partial charge in [-0.15, -0.1) is 11.3 Å². The third-order valence-corrected chi connectivity index (χ3v) is 5.50. The number of hydrogen-bond donors (Lipinski definition) is 1. The molecule has 0 aromatic carbocycles. The fourth-order valence-electron chi connectivity index (χ4n) is 3.07. The SMILES string of the molecule is CCc1ccc(C(CN)N2CCC(C)CC2C)s1. The Hall–Kier alpha value is -0.380. The Morgan fingerprint density at radius 2 is 2.22 bits per heavy atom. The number of likely N-dealkylation sites (tertiary alicyclic amines) is 1. The van der Waals surface area contributed by atoms with Crippen molar-refractivity contribution in [3.05, 3.63) is 21.9 Å². The Morgan fingerprint density at radius 1 is 1.44 bits per heavy atom. The molecule has 0 spiro atoms. The van der Waals surface area contributed by atoms with Gasteiger partial charge in [0.1, 0.15) is 0 Å². The molecular formula is C15H26N2S. The van der Waals surface area contributed by atoms with Gasteiger partial charge in [-0.3, -0.25) is 4.90 Å². The lowest BCUT2D eigenvalue weighted by Gasteiger charge is -2.41.